The van der Waals surface area contributed by atoms with E-state index >= 15 is 0 Å². The number of carboxylic acids is 1. The predicted octanol–water partition coefficient (Wildman–Crippen LogP) is 1.10. The van der Waals surface area contributed by atoms with Crippen LogP contribution in [0.3, 0.4) is 0 Å². The second kappa shape index (κ2) is 12.0. The molecule has 0 aliphatic carbocycles. The fourth-order valence-electron chi connectivity index (χ4n) is 2.83. The number of ether oxygens (including phenoxy) is 1. The van der Waals surface area contributed by atoms with Crippen LogP contribution in [0.5, 0.6) is 0 Å². The Balaban J connectivity index is 1.97. The van der Waals surface area contributed by atoms with Gasteiger partial charge in [0.15, 0.2) is 9.84 Å². The van der Waals surface area contributed by atoms with Crippen molar-refractivity contribution < 1.29 is 37.8 Å². The number of hydrogen-bond donors (Lipinski definition) is 4. The van der Waals surface area contributed by atoms with Crippen LogP contribution >= 0.6 is 0 Å². The van der Waals surface area contributed by atoms with Crippen LogP contribution in [0.15, 0.2) is 65.6 Å². The number of amides is 2. The lowest BCUT2D eigenvalue weighted by molar-refractivity contribution is -0.142. The smallest absolute Gasteiger partial charge is 0.408 e. The van der Waals surface area contributed by atoms with Crippen LogP contribution < -0.4 is 10.6 Å². The molecule has 0 aliphatic heterocycles. The molecule has 2 aromatic rings. The molecule has 0 spiro atoms. The Bertz CT molecular complexity index is 1040. The first-order valence-electron chi connectivity index (χ1n) is 10.1. The van der Waals surface area contributed by atoms with E-state index in [2.05, 4.69) is 10.6 Å². The van der Waals surface area contributed by atoms with Crippen LogP contribution in [-0.2, 0) is 30.8 Å². The van der Waals surface area contributed by atoms with Crippen molar-refractivity contribution >= 4 is 27.8 Å². The second-order valence-corrected chi connectivity index (χ2v) is 9.35. The Labute approximate surface area is 191 Å². The van der Waals surface area contributed by atoms with Crippen LogP contribution in [0.4, 0.5) is 4.79 Å². The van der Waals surface area contributed by atoms with Gasteiger partial charge in [-0.25, -0.2) is 18.0 Å². The summed E-state index contributed by atoms with van der Waals surface area (Å²) in [5.41, 5.74) is 0.705. The highest BCUT2D eigenvalue weighted by atomic mass is 32.2. The molecule has 178 valence electrons. The molecule has 3 atom stereocenters. The van der Waals surface area contributed by atoms with Crippen LogP contribution in [0, 0.1) is 0 Å². The summed E-state index contributed by atoms with van der Waals surface area (Å²) in [6.45, 7) is 1.16. The molecule has 0 unspecified atom stereocenters. The molecular formula is C22H26N2O8S. The number of alkyl carbamates (subject to hydrolysis) is 1. The number of carboxylic acid groups (broad SMARTS) is 1. The van der Waals surface area contributed by atoms with Crippen molar-refractivity contribution in [1.29, 1.82) is 0 Å². The average molecular weight is 479 g/mol. The molecule has 0 aromatic heterocycles. The quantitative estimate of drug-likeness (QED) is 0.374. The zero-order chi connectivity index (χ0) is 24.4. The molecule has 10 nitrogen and oxygen atoms in total. The molecule has 2 rings (SSSR count). The van der Waals surface area contributed by atoms with Gasteiger partial charge in [0, 0.05) is 0 Å². The van der Waals surface area contributed by atoms with Gasteiger partial charge in [0.1, 0.15) is 18.7 Å². The second-order valence-electron chi connectivity index (χ2n) is 7.24. The van der Waals surface area contributed by atoms with E-state index in [0.29, 0.717) is 5.56 Å². The summed E-state index contributed by atoms with van der Waals surface area (Å²) in [5.74, 6) is -2.98. The van der Waals surface area contributed by atoms with E-state index in [1.165, 1.54) is 19.1 Å². The summed E-state index contributed by atoms with van der Waals surface area (Å²) < 4.78 is 29.8. The maximum Gasteiger partial charge on any atom is 0.408 e. The minimum Gasteiger partial charge on any atom is -0.480 e. The highest BCUT2D eigenvalue weighted by Gasteiger charge is 2.31. The normalized spacial score (nSPS) is 13.9. The lowest BCUT2D eigenvalue weighted by Gasteiger charge is -2.23. The van der Waals surface area contributed by atoms with Gasteiger partial charge in [0.2, 0.25) is 5.91 Å². The number of sulfone groups is 1. The van der Waals surface area contributed by atoms with E-state index in [9.17, 15) is 33.0 Å². The fourth-order valence-corrected chi connectivity index (χ4v) is 4.19. The van der Waals surface area contributed by atoms with Gasteiger partial charge in [-0.2, -0.15) is 0 Å². The molecule has 2 amide bonds. The Morgan fingerprint density at radius 3 is 2.09 bits per heavy atom. The van der Waals surface area contributed by atoms with E-state index in [4.69, 9.17) is 4.74 Å². The first-order chi connectivity index (χ1) is 15.6. The third kappa shape index (κ3) is 8.20. The maximum absolute atomic E-state index is 12.5. The zero-order valence-corrected chi connectivity index (χ0v) is 18.7. The topological polar surface area (TPSA) is 159 Å². The average Bonchev–Trinajstić information content (AvgIpc) is 2.79. The number of nitrogens with one attached hydrogen (secondary N) is 2. The molecule has 0 bridgehead atoms. The third-order valence-electron chi connectivity index (χ3n) is 4.64. The van der Waals surface area contributed by atoms with Gasteiger partial charge >= 0.3 is 12.1 Å². The molecule has 2 aromatic carbocycles. The standard InChI is InChI=1S/C22H26N2O8S/c1-15(25)19(24-22(29)32-14-16-8-4-2-5-9-16)20(26)23-18(21(27)28)12-13-33(30,31)17-10-6-3-7-11-17/h2-11,15,18-19,25H,12-14H2,1H3,(H,23,26)(H,24,29)(H,27,28)/t15-,18-,19+/m1/s1. The Morgan fingerprint density at radius 2 is 1.55 bits per heavy atom. The van der Waals surface area contributed by atoms with E-state index in [-0.39, 0.29) is 11.5 Å². The van der Waals surface area contributed by atoms with Gasteiger partial charge in [-0.1, -0.05) is 48.5 Å². The van der Waals surface area contributed by atoms with Gasteiger partial charge in [-0.3, -0.25) is 4.79 Å². The van der Waals surface area contributed by atoms with Gasteiger partial charge in [0.05, 0.1) is 16.8 Å². The Kier molecular flexibility index (Phi) is 9.37. The van der Waals surface area contributed by atoms with Gasteiger partial charge in [-0.05, 0) is 31.0 Å². The third-order valence-corrected chi connectivity index (χ3v) is 6.41. The fraction of sp³-hybridized carbons (Fsp3) is 0.318. The highest BCUT2D eigenvalue weighted by Crippen LogP contribution is 2.12. The molecule has 0 fully saturated rings. The summed E-state index contributed by atoms with van der Waals surface area (Å²) in [5, 5.41) is 23.7. The van der Waals surface area contributed by atoms with E-state index in [1.54, 1.807) is 48.5 Å². The van der Waals surface area contributed by atoms with E-state index in [0.717, 1.165) is 0 Å². The predicted molar refractivity (Wildman–Crippen MR) is 118 cm³/mol. The molecule has 4 N–H and O–H groups in total. The molecular weight excluding hydrogens is 452 g/mol. The van der Waals surface area contributed by atoms with Crippen molar-refractivity contribution in [2.75, 3.05) is 5.75 Å². The first kappa shape index (κ1) is 25.8. The number of aliphatic hydroxyl groups is 1. The van der Waals surface area contributed by atoms with Gasteiger partial charge in [0.25, 0.3) is 0 Å². The van der Waals surface area contributed by atoms with Gasteiger partial charge in [-0.15, -0.1) is 0 Å². The van der Waals surface area contributed by atoms with Crippen LogP contribution in [-0.4, -0.2) is 60.5 Å². The number of carbonyl (C=O) groups excluding carboxylic acids is 2. The largest absolute Gasteiger partial charge is 0.480 e. The molecule has 0 saturated heterocycles. The maximum atomic E-state index is 12.5. The van der Waals surface area contributed by atoms with Crippen molar-refractivity contribution in [2.24, 2.45) is 0 Å². The summed E-state index contributed by atoms with van der Waals surface area (Å²) in [6, 6.07) is 13.2. The van der Waals surface area contributed by atoms with Gasteiger partial charge < -0.3 is 25.6 Å². The molecule has 0 saturated carbocycles. The minimum atomic E-state index is -3.77. The lowest BCUT2D eigenvalue weighted by Crippen LogP contribution is -2.56. The number of rotatable bonds is 11. The zero-order valence-electron chi connectivity index (χ0n) is 17.9. The van der Waals surface area contributed by atoms with Crippen LogP contribution in [0.1, 0.15) is 18.9 Å². The first-order valence-corrected chi connectivity index (χ1v) is 11.7. The summed E-state index contributed by atoms with van der Waals surface area (Å²) in [6.07, 6.45) is -2.78. The summed E-state index contributed by atoms with van der Waals surface area (Å²) in [4.78, 5) is 36.2. The number of benzene rings is 2. The highest BCUT2D eigenvalue weighted by molar-refractivity contribution is 7.91. The monoisotopic (exact) mass is 478 g/mol. The van der Waals surface area contributed by atoms with E-state index in [1.807, 2.05) is 0 Å². The number of aliphatic carboxylic acids is 1. The SMILES string of the molecule is C[C@@H](O)[C@H](NC(=O)OCc1ccccc1)C(=O)N[C@H](CCS(=O)(=O)c1ccccc1)C(=O)O. The van der Waals surface area contributed by atoms with Crippen molar-refractivity contribution in [3.8, 4) is 0 Å². The summed E-state index contributed by atoms with van der Waals surface area (Å²) >= 11 is 0. The lowest BCUT2D eigenvalue weighted by atomic mass is 10.1. The van der Waals surface area contributed by atoms with Crippen molar-refractivity contribution in [2.45, 2.75) is 43.0 Å². The molecule has 0 aliphatic rings. The molecule has 0 heterocycles. The Hall–Kier alpha value is -3.44. The van der Waals surface area contributed by atoms with Crippen molar-refractivity contribution in [3.05, 3.63) is 66.2 Å². The van der Waals surface area contributed by atoms with Crippen molar-refractivity contribution in [1.82, 2.24) is 10.6 Å². The summed E-state index contributed by atoms with van der Waals surface area (Å²) in [7, 11) is -3.77. The van der Waals surface area contributed by atoms with E-state index < -0.39 is 58.2 Å². The molecule has 11 heteroatoms. The number of aliphatic hydroxyl groups excluding tert-OH is 1. The Morgan fingerprint density at radius 1 is 0.970 bits per heavy atom. The van der Waals surface area contributed by atoms with Crippen LogP contribution in [0.25, 0.3) is 0 Å². The van der Waals surface area contributed by atoms with Crippen molar-refractivity contribution in [3.63, 3.8) is 0 Å². The minimum absolute atomic E-state index is 0.0325. The van der Waals surface area contributed by atoms with Crippen LogP contribution in [0.2, 0.25) is 0 Å². The molecule has 0 radical (unpaired) electrons. The molecule has 33 heavy (non-hydrogen) atoms. The number of carbonyl (C=O) groups is 3. The number of hydrogen-bond acceptors (Lipinski definition) is 7.